The number of anilines is 1. The SMILES string of the molecule is COc1ccc2nc(Cl)nc(NC3Cc4ccccc4C3)c2c1.Cl. The average Bonchev–Trinajstić information content (AvgIpc) is 2.96. The molecule has 0 bridgehead atoms. The second kappa shape index (κ2) is 6.83. The van der Waals surface area contributed by atoms with Gasteiger partial charge in [-0.25, -0.2) is 9.97 Å². The van der Waals surface area contributed by atoms with E-state index in [1.54, 1.807) is 7.11 Å². The summed E-state index contributed by atoms with van der Waals surface area (Å²) in [6, 6.07) is 14.6. The molecule has 124 valence electrons. The van der Waals surface area contributed by atoms with E-state index in [1.807, 2.05) is 18.2 Å². The molecule has 1 aliphatic rings. The topological polar surface area (TPSA) is 47.0 Å². The third-order valence-electron chi connectivity index (χ3n) is 4.27. The lowest BCUT2D eigenvalue weighted by atomic mass is 10.1. The first kappa shape index (κ1) is 16.8. The molecular weight excluding hydrogens is 345 g/mol. The van der Waals surface area contributed by atoms with Gasteiger partial charge in [0.05, 0.1) is 12.6 Å². The highest BCUT2D eigenvalue weighted by Crippen LogP contribution is 2.29. The molecule has 24 heavy (non-hydrogen) atoms. The highest BCUT2D eigenvalue weighted by atomic mass is 35.5. The predicted octanol–water partition coefficient (Wildman–Crippen LogP) is 4.29. The molecule has 1 N–H and O–H groups in total. The van der Waals surface area contributed by atoms with E-state index in [-0.39, 0.29) is 17.7 Å². The number of nitrogens with zero attached hydrogens (tertiary/aromatic N) is 2. The Morgan fingerprint density at radius 3 is 2.46 bits per heavy atom. The number of benzene rings is 2. The summed E-state index contributed by atoms with van der Waals surface area (Å²) in [7, 11) is 1.65. The Balaban J connectivity index is 0.00000169. The van der Waals surface area contributed by atoms with Gasteiger partial charge in [0.1, 0.15) is 11.6 Å². The molecule has 0 saturated heterocycles. The van der Waals surface area contributed by atoms with Crippen LogP contribution in [0.25, 0.3) is 10.9 Å². The van der Waals surface area contributed by atoms with Crippen molar-refractivity contribution >= 4 is 40.7 Å². The van der Waals surface area contributed by atoms with Gasteiger partial charge in [-0.15, -0.1) is 12.4 Å². The molecular formula is C18H17Cl2N3O. The van der Waals surface area contributed by atoms with Crippen LogP contribution in [0.15, 0.2) is 42.5 Å². The first-order valence-corrected chi connectivity index (χ1v) is 7.95. The van der Waals surface area contributed by atoms with Crippen molar-refractivity contribution in [2.24, 2.45) is 0 Å². The van der Waals surface area contributed by atoms with Crippen molar-refractivity contribution in [3.63, 3.8) is 0 Å². The van der Waals surface area contributed by atoms with Crippen LogP contribution in [-0.2, 0) is 12.8 Å². The van der Waals surface area contributed by atoms with Crippen LogP contribution in [0.5, 0.6) is 5.75 Å². The van der Waals surface area contributed by atoms with Crippen molar-refractivity contribution in [2.45, 2.75) is 18.9 Å². The molecule has 2 aromatic carbocycles. The lowest BCUT2D eigenvalue weighted by Crippen LogP contribution is -2.20. The number of nitrogens with one attached hydrogen (secondary N) is 1. The fourth-order valence-corrected chi connectivity index (χ4v) is 3.35. The van der Waals surface area contributed by atoms with Crippen molar-refractivity contribution in [1.29, 1.82) is 0 Å². The van der Waals surface area contributed by atoms with Crippen LogP contribution in [0.4, 0.5) is 5.82 Å². The summed E-state index contributed by atoms with van der Waals surface area (Å²) >= 11 is 6.08. The molecule has 4 rings (SSSR count). The zero-order chi connectivity index (χ0) is 15.8. The van der Waals surface area contributed by atoms with Gasteiger partial charge in [0, 0.05) is 11.4 Å². The fraction of sp³-hybridized carbons (Fsp3) is 0.222. The van der Waals surface area contributed by atoms with Crippen molar-refractivity contribution in [1.82, 2.24) is 9.97 Å². The molecule has 6 heteroatoms. The Morgan fingerprint density at radius 2 is 1.79 bits per heavy atom. The van der Waals surface area contributed by atoms with Gasteiger partial charge in [0.15, 0.2) is 0 Å². The van der Waals surface area contributed by atoms with Gasteiger partial charge in [-0.3, -0.25) is 0 Å². The minimum absolute atomic E-state index is 0. The largest absolute Gasteiger partial charge is 0.497 e. The number of aromatic nitrogens is 2. The molecule has 1 heterocycles. The van der Waals surface area contributed by atoms with Gasteiger partial charge in [0.2, 0.25) is 5.28 Å². The van der Waals surface area contributed by atoms with Gasteiger partial charge >= 0.3 is 0 Å². The Hall–Kier alpha value is -2.04. The van der Waals surface area contributed by atoms with Crippen molar-refractivity contribution in [3.05, 3.63) is 58.9 Å². The number of rotatable bonds is 3. The van der Waals surface area contributed by atoms with Crippen LogP contribution in [-0.4, -0.2) is 23.1 Å². The third-order valence-corrected chi connectivity index (χ3v) is 4.44. The van der Waals surface area contributed by atoms with Crippen molar-refractivity contribution in [2.75, 3.05) is 12.4 Å². The van der Waals surface area contributed by atoms with Gasteiger partial charge in [-0.05, 0) is 53.8 Å². The summed E-state index contributed by atoms with van der Waals surface area (Å²) in [6.07, 6.45) is 1.98. The highest BCUT2D eigenvalue weighted by Gasteiger charge is 2.22. The maximum atomic E-state index is 6.08. The van der Waals surface area contributed by atoms with Crippen molar-refractivity contribution in [3.8, 4) is 5.75 Å². The summed E-state index contributed by atoms with van der Waals surface area (Å²) in [5.74, 6) is 1.54. The number of methoxy groups -OCH3 is 1. The van der Waals surface area contributed by atoms with Crippen LogP contribution in [0.3, 0.4) is 0 Å². The molecule has 0 radical (unpaired) electrons. The fourth-order valence-electron chi connectivity index (χ4n) is 3.17. The molecule has 0 saturated carbocycles. The number of fused-ring (bicyclic) bond motifs is 2. The van der Waals surface area contributed by atoms with E-state index >= 15 is 0 Å². The number of hydrogen-bond donors (Lipinski definition) is 1. The molecule has 0 atom stereocenters. The van der Waals surface area contributed by atoms with E-state index in [0.717, 1.165) is 35.3 Å². The van der Waals surface area contributed by atoms with Crippen molar-refractivity contribution < 1.29 is 4.74 Å². The van der Waals surface area contributed by atoms with E-state index < -0.39 is 0 Å². The summed E-state index contributed by atoms with van der Waals surface area (Å²) in [5, 5.41) is 4.70. The number of halogens is 2. The van der Waals surface area contributed by atoms with E-state index in [4.69, 9.17) is 16.3 Å². The molecule has 3 aromatic rings. The predicted molar refractivity (Wildman–Crippen MR) is 99.6 cm³/mol. The van der Waals surface area contributed by atoms with Crippen LogP contribution >= 0.6 is 24.0 Å². The van der Waals surface area contributed by atoms with Gasteiger partial charge < -0.3 is 10.1 Å². The average molecular weight is 362 g/mol. The Bertz CT molecular complexity index is 860. The molecule has 0 aliphatic heterocycles. The molecule has 0 spiro atoms. The molecule has 1 aromatic heterocycles. The standard InChI is InChI=1S/C18H16ClN3O.ClH/c1-23-14-6-7-16-15(10-14)17(22-18(19)21-16)20-13-8-11-4-2-3-5-12(11)9-13;/h2-7,10,13H,8-9H2,1H3,(H,20,21,22);1H. The number of hydrogen-bond acceptors (Lipinski definition) is 4. The normalized spacial score (nSPS) is 13.4. The monoisotopic (exact) mass is 361 g/mol. The molecule has 0 unspecified atom stereocenters. The quantitative estimate of drug-likeness (QED) is 0.706. The van der Waals surface area contributed by atoms with Crippen LogP contribution in [0, 0.1) is 0 Å². The second-order valence-electron chi connectivity index (χ2n) is 5.74. The lowest BCUT2D eigenvalue weighted by Gasteiger charge is -2.15. The molecule has 0 amide bonds. The Morgan fingerprint density at radius 1 is 1.08 bits per heavy atom. The van der Waals surface area contributed by atoms with Crippen LogP contribution in [0.2, 0.25) is 5.28 Å². The molecule has 4 nitrogen and oxygen atoms in total. The number of ether oxygens (including phenoxy) is 1. The second-order valence-corrected chi connectivity index (χ2v) is 6.08. The lowest BCUT2D eigenvalue weighted by molar-refractivity contribution is 0.415. The van der Waals surface area contributed by atoms with Gasteiger partial charge in [0.25, 0.3) is 0 Å². The molecule has 0 fully saturated rings. The Kier molecular flexibility index (Phi) is 4.78. The summed E-state index contributed by atoms with van der Waals surface area (Å²) < 4.78 is 5.31. The third kappa shape index (κ3) is 3.12. The maximum absolute atomic E-state index is 6.08. The van der Waals surface area contributed by atoms with Gasteiger partial charge in [-0.1, -0.05) is 24.3 Å². The first-order valence-electron chi connectivity index (χ1n) is 7.57. The summed E-state index contributed by atoms with van der Waals surface area (Å²) in [4.78, 5) is 8.68. The summed E-state index contributed by atoms with van der Waals surface area (Å²) in [5.41, 5.74) is 3.60. The van der Waals surface area contributed by atoms with E-state index in [2.05, 4.69) is 39.6 Å². The summed E-state index contributed by atoms with van der Waals surface area (Å²) in [6.45, 7) is 0. The highest BCUT2D eigenvalue weighted by molar-refractivity contribution is 6.28. The van der Waals surface area contributed by atoms with E-state index in [0.29, 0.717) is 6.04 Å². The minimum atomic E-state index is 0. The molecule has 1 aliphatic carbocycles. The maximum Gasteiger partial charge on any atom is 0.224 e. The minimum Gasteiger partial charge on any atom is -0.497 e. The van der Waals surface area contributed by atoms with E-state index in [1.165, 1.54) is 11.1 Å². The van der Waals surface area contributed by atoms with E-state index in [9.17, 15) is 0 Å². The first-order chi connectivity index (χ1) is 11.2. The van der Waals surface area contributed by atoms with Crippen LogP contribution < -0.4 is 10.1 Å². The van der Waals surface area contributed by atoms with Gasteiger partial charge in [-0.2, -0.15) is 0 Å². The zero-order valence-electron chi connectivity index (χ0n) is 13.1. The Labute approximate surface area is 151 Å². The zero-order valence-corrected chi connectivity index (χ0v) is 14.7. The smallest absolute Gasteiger partial charge is 0.224 e. The van der Waals surface area contributed by atoms with Crippen LogP contribution in [0.1, 0.15) is 11.1 Å².